The first kappa shape index (κ1) is 24.0. The molecule has 29 heavy (non-hydrogen) atoms. The molecule has 1 aliphatic rings. The van der Waals surface area contributed by atoms with Gasteiger partial charge < -0.3 is 20.4 Å². The number of aliphatic imine (C=N–C) groups is 1. The van der Waals surface area contributed by atoms with Crippen LogP contribution in [0.2, 0.25) is 0 Å². The van der Waals surface area contributed by atoms with E-state index in [2.05, 4.69) is 70.7 Å². The Morgan fingerprint density at radius 3 is 2.93 bits per heavy atom. The van der Waals surface area contributed by atoms with Gasteiger partial charge in [-0.05, 0) is 36.5 Å². The zero-order valence-electron chi connectivity index (χ0n) is 18.1. The number of aromatic nitrogens is 1. The van der Waals surface area contributed by atoms with Crippen LogP contribution >= 0.6 is 24.0 Å². The fraction of sp³-hybridized carbons (Fsp3) is 0.591. The number of nitrogens with one attached hydrogen (secondary N) is 3. The van der Waals surface area contributed by atoms with E-state index in [-0.39, 0.29) is 30.1 Å². The monoisotopic (exact) mass is 513 g/mol. The van der Waals surface area contributed by atoms with Gasteiger partial charge in [-0.1, -0.05) is 26.0 Å². The van der Waals surface area contributed by atoms with E-state index in [9.17, 15) is 0 Å². The number of H-pyrrole nitrogens is 1. The van der Waals surface area contributed by atoms with E-state index in [4.69, 9.17) is 4.74 Å². The number of hydrogen-bond acceptors (Lipinski definition) is 3. The van der Waals surface area contributed by atoms with Gasteiger partial charge in [-0.3, -0.25) is 9.89 Å². The first-order valence-electron chi connectivity index (χ1n) is 10.4. The van der Waals surface area contributed by atoms with Crippen LogP contribution in [0.15, 0.2) is 29.4 Å². The molecule has 2 heterocycles. The van der Waals surface area contributed by atoms with E-state index in [1.54, 1.807) is 0 Å². The smallest absolute Gasteiger partial charge is 0.191 e. The minimum Gasteiger partial charge on any atom is -0.374 e. The van der Waals surface area contributed by atoms with E-state index in [1.807, 2.05) is 7.05 Å². The van der Waals surface area contributed by atoms with Gasteiger partial charge in [-0.25, -0.2) is 0 Å². The van der Waals surface area contributed by atoms with Crippen molar-refractivity contribution in [3.63, 3.8) is 0 Å². The molecule has 7 heteroatoms. The number of morpholine rings is 1. The number of benzene rings is 1. The molecule has 1 aromatic carbocycles. The fourth-order valence-electron chi connectivity index (χ4n) is 3.98. The zero-order chi connectivity index (χ0) is 19.9. The third kappa shape index (κ3) is 6.86. The molecule has 1 saturated heterocycles. The number of aryl methyl sites for hydroxylation is 1. The Hall–Kier alpha value is -1.32. The maximum Gasteiger partial charge on any atom is 0.191 e. The fourth-order valence-corrected chi connectivity index (χ4v) is 3.98. The number of fused-ring (bicyclic) bond motifs is 1. The Morgan fingerprint density at radius 1 is 1.34 bits per heavy atom. The van der Waals surface area contributed by atoms with E-state index in [0.717, 1.165) is 51.7 Å². The summed E-state index contributed by atoms with van der Waals surface area (Å²) in [4.78, 5) is 10.2. The Kier molecular flexibility index (Phi) is 9.71. The summed E-state index contributed by atoms with van der Waals surface area (Å²) in [6.45, 7) is 12.3. The van der Waals surface area contributed by atoms with Crippen molar-refractivity contribution in [3.8, 4) is 0 Å². The van der Waals surface area contributed by atoms with Crippen molar-refractivity contribution in [2.45, 2.75) is 33.3 Å². The van der Waals surface area contributed by atoms with Crippen molar-refractivity contribution in [3.05, 3.63) is 35.5 Å². The average molecular weight is 513 g/mol. The third-order valence-electron chi connectivity index (χ3n) is 5.25. The van der Waals surface area contributed by atoms with Crippen LogP contribution in [0, 0.1) is 12.8 Å². The number of guanidine groups is 1. The highest BCUT2D eigenvalue weighted by Gasteiger charge is 2.21. The number of rotatable bonds is 7. The average Bonchev–Trinajstić information content (AvgIpc) is 3.09. The van der Waals surface area contributed by atoms with Crippen LogP contribution in [0.25, 0.3) is 10.9 Å². The van der Waals surface area contributed by atoms with Gasteiger partial charge >= 0.3 is 0 Å². The lowest BCUT2D eigenvalue weighted by atomic mass is 10.1. The molecule has 1 aliphatic heterocycles. The predicted molar refractivity (Wildman–Crippen MR) is 133 cm³/mol. The molecule has 6 nitrogen and oxygen atoms in total. The van der Waals surface area contributed by atoms with Crippen molar-refractivity contribution in [1.82, 2.24) is 20.5 Å². The minimum absolute atomic E-state index is 0. The Morgan fingerprint density at radius 2 is 2.17 bits per heavy atom. The quantitative estimate of drug-likeness (QED) is 0.303. The predicted octanol–water partition coefficient (Wildman–Crippen LogP) is 3.16. The van der Waals surface area contributed by atoms with Crippen LogP contribution in [0.1, 0.15) is 25.0 Å². The van der Waals surface area contributed by atoms with Crippen molar-refractivity contribution in [2.24, 2.45) is 10.9 Å². The second-order valence-electron chi connectivity index (χ2n) is 8.09. The van der Waals surface area contributed by atoms with E-state index in [0.29, 0.717) is 5.92 Å². The van der Waals surface area contributed by atoms with E-state index >= 15 is 0 Å². The van der Waals surface area contributed by atoms with Gasteiger partial charge in [0.25, 0.3) is 0 Å². The number of aromatic amines is 1. The lowest BCUT2D eigenvalue weighted by Crippen LogP contribution is -2.50. The van der Waals surface area contributed by atoms with Gasteiger partial charge in [-0.15, -0.1) is 24.0 Å². The molecular formula is C22H36IN5O. The lowest BCUT2D eigenvalue weighted by Gasteiger charge is -2.34. The Bertz CT molecular complexity index is 789. The van der Waals surface area contributed by atoms with Crippen LogP contribution in [0.4, 0.5) is 0 Å². The van der Waals surface area contributed by atoms with Crippen molar-refractivity contribution < 1.29 is 4.74 Å². The van der Waals surface area contributed by atoms with Crippen molar-refractivity contribution >= 4 is 40.8 Å². The molecule has 0 spiro atoms. The third-order valence-corrected chi connectivity index (χ3v) is 5.25. The van der Waals surface area contributed by atoms with Crippen molar-refractivity contribution in [1.29, 1.82) is 0 Å². The summed E-state index contributed by atoms with van der Waals surface area (Å²) in [5, 5.41) is 8.19. The summed E-state index contributed by atoms with van der Waals surface area (Å²) in [7, 11) is 1.82. The molecule has 162 valence electrons. The molecular weight excluding hydrogens is 477 g/mol. The van der Waals surface area contributed by atoms with E-state index in [1.165, 1.54) is 22.0 Å². The number of hydrogen-bond donors (Lipinski definition) is 3. The summed E-state index contributed by atoms with van der Waals surface area (Å²) < 4.78 is 5.92. The van der Waals surface area contributed by atoms with Crippen LogP contribution in [0.5, 0.6) is 0 Å². The Labute approximate surface area is 191 Å². The van der Waals surface area contributed by atoms with Gasteiger partial charge in [0.2, 0.25) is 0 Å². The number of ether oxygens (including phenoxy) is 1. The van der Waals surface area contributed by atoms with Crippen molar-refractivity contribution in [2.75, 3.05) is 46.4 Å². The molecule has 0 bridgehead atoms. The summed E-state index contributed by atoms with van der Waals surface area (Å²) in [5.41, 5.74) is 3.87. The first-order chi connectivity index (χ1) is 13.6. The zero-order valence-corrected chi connectivity index (χ0v) is 20.5. The summed E-state index contributed by atoms with van der Waals surface area (Å²) in [5.74, 6) is 1.52. The van der Waals surface area contributed by atoms with Crippen LogP contribution in [-0.2, 0) is 11.2 Å². The largest absolute Gasteiger partial charge is 0.374 e. The molecule has 2 aromatic rings. The van der Waals surface area contributed by atoms with Crippen LogP contribution < -0.4 is 10.6 Å². The molecule has 1 unspecified atom stereocenters. The number of halogens is 1. The van der Waals surface area contributed by atoms with E-state index < -0.39 is 0 Å². The molecule has 3 N–H and O–H groups in total. The molecule has 0 amide bonds. The Balaban J connectivity index is 0.00000300. The van der Waals surface area contributed by atoms with Crippen LogP contribution in [0.3, 0.4) is 0 Å². The molecule has 3 rings (SSSR count). The molecule has 1 atom stereocenters. The molecule has 1 aromatic heterocycles. The second kappa shape index (κ2) is 11.8. The van der Waals surface area contributed by atoms with Gasteiger partial charge in [0, 0.05) is 56.9 Å². The van der Waals surface area contributed by atoms with Gasteiger partial charge in [0.05, 0.1) is 12.7 Å². The maximum absolute atomic E-state index is 5.92. The van der Waals surface area contributed by atoms with Gasteiger partial charge in [0.1, 0.15) is 0 Å². The summed E-state index contributed by atoms with van der Waals surface area (Å²) in [6, 6.07) is 6.39. The molecule has 0 aliphatic carbocycles. The number of nitrogens with zero attached hydrogens (tertiary/aromatic N) is 2. The normalized spacial score (nSPS) is 18.1. The minimum atomic E-state index is 0. The molecule has 0 saturated carbocycles. The second-order valence-corrected chi connectivity index (χ2v) is 8.09. The highest BCUT2D eigenvalue weighted by molar-refractivity contribution is 14.0. The van der Waals surface area contributed by atoms with Gasteiger partial charge in [0.15, 0.2) is 5.96 Å². The standard InChI is InChI=1S/C22H35N5O.HI/c1-16(2)14-27-10-11-28-19(15-27)13-26-22(23-4)24-9-8-18-12-25-20-7-5-6-17(3)21(18)20;/h5-7,12,16,19,25H,8-11,13-15H2,1-4H3,(H2,23,24,26);1H. The SMILES string of the molecule is CN=C(NCCc1c[nH]c2cccc(C)c12)NCC1CN(CC(C)C)CCO1.I. The maximum atomic E-state index is 5.92. The lowest BCUT2D eigenvalue weighted by molar-refractivity contribution is -0.0284. The first-order valence-corrected chi connectivity index (χ1v) is 10.4. The molecule has 1 fully saturated rings. The van der Waals surface area contributed by atoms with Crippen LogP contribution in [-0.4, -0.2) is 68.3 Å². The summed E-state index contributed by atoms with van der Waals surface area (Å²) >= 11 is 0. The summed E-state index contributed by atoms with van der Waals surface area (Å²) in [6.07, 6.45) is 3.28. The van der Waals surface area contributed by atoms with Gasteiger partial charge in [-0.2, -0.15) is 0 Å². The molecule has 0 radical (unpaired) electrons. The highest BCUT2D eigenvalue weighted by Crippen LogP contribution is 2.22. The topological polar surface area (TPSA) is 64.7 Å². The highest BCUT2D eigenvalue weighted by atomic mass is 127.